The number of hydrogen-bond acceptors (Lipinski definition) is 5. The molecule has 0 aliphatic heterocycles. The molecule has 0 amide bonds. The number of fused-ring (bicyclic) bond motifs is 1. The second-order valence-electron chi connectivity index (χ2n) is 7.98. The fourth-order valence-corrected chi connectivity index (χ4v) is 3.77. The van der Waals surface area contributed by atoms with Gasteiger partial charge in [0.15, 0.2) is 0 Å². The van der Waals surface area contributed by atoms with Crippen LogP contribution >= 0.6 is 0 Å². The van der Waals surface area contributed by atoms with Gasteiger partial charge < -0.3 is 9.47 Å². The zero-order valence-corrected chi connectivity index (χ0v) is 19.7. The minimum Gasteiger partial charge on any atom is -0.497 e. The summed E-state index contributed by atoms with van der Waals surface area (Å²) >= 11 is 0. The van der Waals surface area contributed by atoms with Gasteiger partial charge in [0.2, 0.25) is 0 Å². The van der Waals surface area contributed by atoms with E-state index in [4.69, 9.17) is 9.47 Å². The van der Waals surface area contributed by atoms with Crippen molar-refractivity contribution in [1.82, 2.24) is 9.13 Å². The van der Waals surface area contributed by atoms with Crippen LogP contribution in [0.4, 0.5) is 0 Å². The number of carbonyl (C=O) groups excluding carboxylic acids is 1. The van der Waals surface area contributed by atoms with Crippen molar-refractivity contribution in [2.45, 2.75) is 13.0 Å². The Labute approximate surface area is 202 Å². The van der Waals surface area contributed by atoms with Crippen LogP contribution in [0.2, 0.25) is 0 Å². The molecule has 0 bridgehead atoms. The summed E-state index contributed by atoms with van der Waals surface area (Å²) in [6, 6.07) is 19.6. The van der Waals surface area contributed by atoms with Crippen LogP contribution in [0.1, 0.15) is 27.0 Å². The lowest BCUT2D eigenvalue weighted by atomic mass is 10.1. The predicted octanol–water partition coefficient (Wildman–Crippen LogP) is 3.14. The normalized spacial score (nSPS) is 10.5. The highest BCUT2D eigenvalue weighted by molar-refractivity contribution is 5.89. The van der Waals surface area contributed by atoms with Gasteiger partial charge in [0.05, 0.1) is 37.2 Å². The molecule has 0 spiro atoms. The van der Waals surface area contributed by atoms with Crippen molar-refractivity contribution in [3.8, 4) is 17.6 Å². The van der Waals surface area contributed by atoms with Crippen LogP contribution in [0.5, 0.6) is 5.75 Å². The highest BCUT2D eigenvalue weighted by Gasteiger charge is 2.12. The molecule has 176 valence electrons. The largest absolute Gasteiger partial charge is 0.497 e. The highest BCUT2D eigenvalue weighted by atomic mass is 16.5. The molecule has 7 heteroatoms. The van der Waals surface area contributed by atoms with Crippen molar-refractivity contribution in [2.24, 2.45) is 7.05 Å². The topological polar surface area (TPSA) is 79.5 Å². The molecular formula is C28H24N2O5. The van der Waals surface area contributed by atoms with E-state index in [2.05, 4.69) is 11.8 Å². The van der Waals surface area contributed by atoms with Crippen molar-refractivity contribution < 1.29 is 14.3 Å². The van der Waals surface area contributed by atoms with Gasteiger partial charge in [0.25, 0.3) is 5.56 Å². The average Bonchev–Trinajstić information content (AvgIpc) is 2.90. The summed E-state index contributed by atoms with van der Waals surface area (Å²) in [7, 11) is 4.57. The first kappa shape index (κ1) is 23.6. The fourth-order valence-electron chi connectivity index (χ4n) is 3.77. The number of rotatable bonds is 5. The van der Waals surface area contributed by atoms with Gasteiger partial charge >= 0.3 is 11.7 Å². The van der Waals surface area contributed by atoms with Crippen molar-refractivity contribution in [3.05, 3.63) is 110 Å². The summed E-state index contributed by atoms with van der Waals surface area (Å²) in [6.45, 7) is 0.0796. The Kier molecular flexibility index (Phi) is 6.83. The molecule has 4 rings (SSSR count). The lowest BCUT2D eigenvalue weighted by Gasteiger charge is -2.11. The van der Waals surface area contributed by atoms with Crippen LogP contribution in [-0.4, -0.2) is 29.3 Å². The van der Waals surface area contributed by atoms with Crippen molar-refractivity contribution in [3.63, 3.8) is 0 Å². The number of aryl methyl sites for hydroxylation is 1. The number of benzene rings is 3. The van der Waals surface area contributed by atoms with Gasteiger partial charge in [-0.05, 0) is 53.6 Å². The Morgan fingerprint density at radius 1 is 0.914 bits per heavy atom. The van der Waals surface area contributed by atoms with Crippen LogP contribution < -0.4 is 16.0 Å². The molecule has 1 aromatic heterocycles. The van der Waals surface area contributed by atoms with Gasteiger partial charge in [-0.3, -0.25) is 13.9 Å². The van der Waals surface area contributed by atoms with E-state index in [1.54, 1.807) is 56.6 Å². The maximum absolute atomic E-state index is 13.3. The van der Waals surface area contributed by atoms with Crippen molar-refractivity contribution in [2.75, 3.05) is 14.2 Å². The molecule has 0 aliphatic carbocycles. The molecule has 0 atom stereocenters. The number of ether oxygens (including phenoxy) is 2. The first-order chi connectivity index (χ1) is 16.9. The lowest BCUT2D eigenvalue weighted by molar-refractivity contribution is 0.0600. The molecule has 0 N–H and O–H groups in total. The second-order valence-corrected chi connectivity index (χ2v) is 7.98. The molecule has 0 unspecified atom stereocenters. The number of nitrogens with zero attached hydrogens (tertiary/aromatic N) is 2. The molecule has 0 saturated carbocycles. The van der Waals surface area contributed by atoms with Crippen LogP contribution in [0.25, 0.3) is 10.9 Å². The van der Waals surface area contributed by atoms with Gasteiger partial charge in [-0.1, -0.05) is 36.1 Å². The molecule has 1 heterocycles. The number of methoxy groups -OCH3 is 2. The first-order valence-corrected chi connectivity index (χ1v) is 10.9. The zero-order chi connectivity index (χ0) is 24.9. The molecule has 4 aromatic rings. The predicted molar refractivity (Wildman–Crippen MR) is 134 cm³/mol. The van der Waals surface area contributed by atoms with E-state index >= 15 is 0 Å². The summed E-state index contributed by atoms with van der Waals surface area (Å²) in [5, 5.41) is 0.412. The highest BCUT2D eigenvalue weighted by Crippen LogP contribution is 2.13. The van der Waals surface area contributed by atoms with Gasteiger partial charge in [-0.2, -0.15) is 0 Å². The van der Waals surface area contributed by atoms with E-state index in [0.29, 0.717) is 34.0 Å². The summed E-state index contributed by atoms with van der Waals surface area (Å²) < 4.78 is 12.5. The Morgan fingerprint density at radius 2 is 1.60 bits per heavy atom. The summed E-state index contributed by atoms with van der Waals surface area (Å²) in [5.74, 6) is 6.58. The van der Waals surface area contributed by atoms with Crippen LogP contribution in [-0.2, 0) is 24.8 Å². The Bertz CT molecular complexity index is 1570. The van der Waals surface area contributed by atoms with Gasteiger partial charge in [-0.25, -0.2) is 9.59 Å². The average molecular weight is 469 g/mol. The third-order valence-electron chi connectivity index (χ3n) is 5.75. The molecule has 7 nitrogen and oxygen atoms in total. The Hall–Kier alpha value is -4.57. The Morgan fingerprint density at radius 3 is 2.26 bits per heavy atom. The van der Waals surface area contributed by atoms with Crippen molar-refractivity contribution >= 4 is 16.9 Å². The third-order valence-corrected chi connectivity index (χ3v) is 5.75. The van der Waals surface area contributed by atoms with Gasteiger partial charge in [0.1, 0.15) is 5.75 Å². The molecule has 3 aromatic carbocycles. The first-order valence-electron chi connectivity index (χ1n) is 10.9. The van der Waals surface area contributed by atoms with Gasteiger partial charge in [-0.15, -0.1) is 0 Å². The number of esters is 1. The smallest absolute Gasteiger partial charge is 0.337 e. The third kappa shape index (κ3) is 5.02. The zero-order valence-electron chi connectivity index (χ0n) is 19.7. The number of hydrogen-bond donors (Lipinski definition) is 0. The summed E-state index contributed by atoms with van der Waals surface area (Å²) in [4.78, 5) is 37.8. The maximum atomic E-state index is 13.3. The van der Waals surface area contributed by atoms with Crippen molar-refractivity contribution in [1.29, 1.82) is 0 Å². The standard InChI is InChI=1S/C28H24N2O5/c1-29-25-16-11-20(6-4-5-19-9-14-23(34-2)15-10-19)17-24(25)26(31)30(28(29)33)18-21-7-12-22(13-8-21)27(32)35-3/h7-17H,5,18H2,1-3H3. The monoisotopic (exact) mass is 468 g/mol. The molecule has 0 fully saturated rings. The SMILES string of the molecule is COC(=O)c1ccc(Cn2c(=O)c3cc(C#CCc4ccc(OC)cc4)ccc3n(C)c2=O)cc1. The molecular weight excluding hydrogens is 444 g/mol. The molecule has 0 radical (unpaired) electrons. The minimum absolute atomic E-state index is 0.0796. The van der Waals surface area contributed by atoms with E-state index in [1.807, 2.05) is 24.3 Å². The van der Waals surface area contributed by atoms with Crippen LogP contribution in [0.15, 0.2) is 76.3 Å². The van der Waals surface area contributed by atoms with E-state index in [0.717, 1.165) is 11.3 Å². The van der Waals surface area contributed by atoms with E-state index in [-0.39, 0.29) is 12.1 Å². The van der Waals surface area contributed by atoms with E-state index in [1.165, 1.54) is 16.2 Å². The number of aromatic nitrogens is 2. The van der Waals surface area contributed by atoms with E-state index in [9.17, 15) is 14.4 Å². The number of carbonyl (C=O) groups is 1. The van der Waals surface area contributed by atoms with Gasteiger partial charge in [0, 0.05) is 19.0 Å². The molecule has 0 saturated heterocycles. The quantitative estimate of drug-likeness (QED) is 0.332. The summed E-state index contributed by atoms with van der Waals surface area (Å²) in [5.41, 5.74) is 2.59. The maximum Gasteiger partial charge on any atom is 0.337 e. The lowest BCUT2D eigenvalue weighted by Crippen LogP contribution is -2.39. The Balaban J connectivity index is 1.64. The second kappa shape index (κ2) is 10.1. The minimum atomic E-state index is -0.448. The molecule has 35 heavy (non-hydrogen) atoms. The van der Waals surface area contributed by atoms with Crippen LogP contribution in [0.3, 0.4) is 0 Å². The fraction of sp³-hybridized carbons (Fsp3) is 0.179. The summed E-state index contributed by atoms with van der Waals surface area (Å²) in [6.07, 6.45) is 0.557. The molecule has 0 aliphatic rings. The van der Waals surface area contributed by atoms with Crippen LogP contribution in [0, 0.1) is 11.8 Å². The van der Waals surface area contributed by atoms with E-state index < -0.39 is 11.7 Å².